The number of fused-ring (bicyclic) bond motifs is 6. The number of benzene rings is 2. The number of carboxylic acids is 1. The topological polar surface area (TPSA) is 485 Å². The Morgan fingerprint density at radius 3 is 2.30 bits per heavy atom. The number of alkyl carbamates (subject to hydrolysis) is 1. The molecule has 5 aliphatic rings. The molecule has 4 saturated heterocycles. The third-order valence-electron chi connectivity index (χ3n) is 22.7. The van der Waals surface area contributed by atoms with Crippen molar-refractivity contribution in [2.75, 3.05) is 105 Å². The quantitative estimate of drug-likeness (QED) is 0.0104. The largest absolute Gasteiger partial charge is 0.495 e. The minimum Gasteiger partial charge on any atom is -0.495 e. The number of aliphatic carboxylic acids is 1. The van der Waals surface area contributed by atoms with Crippen LogP contribution in [0.1, 0.15) is 117 Å². The zero-order chi connectivity index (χ0) is 89.2. The number of hydrogen-bond donors (Lipinski definition) is 12. The first kappa shape index (κ1) is 96.1. The van der Waals surface area contributed by atoms with Crippen LogP contribution in [0.3, 0.4) is 0 Å². The number of amides is 8. The van der Waals surface area contributed by atoms with E-state index in [-0.39, 0.29) is 97.5 Å². The molecule has 4 aromatic rings. The number of nitrogens with one attached hydrogen (secondary N) is 6. The number of methoxy groups -OCH3 is 1. The first-order valence-corrected chi connectivity index (χ1v) is 41.2. The molecule has 7 heterocycles. The SMILES string of the molecule is CNN(C)Cc1cc2cccnc2n1CCC(=O)N1CCC(NCCOCCOCCC(=O)N[C@H](C(=O)N[C@@H](C)C(=O)Nc2ccc(COC(=O)N(C)CCCC(=O)N(C)[C@@H](C)C(=O)O[C@H]3CC(=O)N(C)c4cc(cc(OC)c4Cl)C/C(C)=C/C=C/[C@@H](O)[C@@]4(O)C[C@H](OC(=O)N4)[C@@H](C)C4O[C@]43C)cc2O[C@@H]2O[C@H](C(=O)O)[C@@H](O)[C@H](O)[C@H]2O)C(C)C)CC1. The second kappa shape index (κ2) is 43.6. The van der Waals surface area contributed by atoms with Gasteiger partial charge >= 0.3 is 24.1 Å². The molecule has 9 rings (SSSR count). The number of anilines is 2. The van der Waals surface area contributed by atoms with Crippen molar-refractivity contribution < 1.29 is 121 Å². The van der Waals surface area contributed by atoms with Gasteiger partial charge in [0.2, 0.25) is 41.7 Å². The first-order chi connectivity index (χ1) is 57.8. The number of carboxylic acid groups (broad SMARTS) is 1. The van der Waals surface area contributed by atoms with Crippen LogP contribution in [-0.4, -0.2) is 305 Å². The Labute approximate surface area is 713 Å². The standard InChI is InChI=1S/C83H118ClN13O25/c1-46(2)68(90-63(99)26-33-115-35-36-116-34-28-86-54-23-30-96(31-24-54)65(101)25-32-97-55(44-93(10)85-8)41-53-18-15-27-87-74(53)97)76(107)88-49(5)75(106)89-56-22-21-51(39-58(56)118-79-71(105)69(103)70(104)72(121-79)77(108)109)45-117-81(112)92(9)29-16-20-64(100)94(11)50(6)78(110)120-62-42-66(102)95(12)57-38-52(40-59(114-13)67(57)84)37-47(3)17-14-19-61(98)83(113)43-60(119-80(111)91-83)48(4)73-82(62,7)122-73/h14-15,17-19,21-22,27,38-41,46,48-50,54,60-62,68-73,79,85-86,98,103-105,113H,16,20,23-26,28-37,42-45H2,1-13H3,(H,88,107)(H,89,106)(H,90,99)(H,91,111)(H,108,109)/b19-14+,47-17+/t48-,49+,50+,60+,61-,62+,68+,69+,70+,71-,72+,73?,79-,82+,83+/m1/s1. The Balaban J connectivity index is 0.727. The number of aliphatic hydroxyl groups is 5. The average Bonchev–Trinajstić information content (AvgIpc) is 1.57. The molecule has 122 heavy (non-hydrogen) atoms. The van der Waals surface area contributed by atoms with Gasteiger partial charge < -0.3 is 119 Å². The molecule has 39 heteroatoms. The average molecular weight is 1730 g/mol. The fourth-order valence-corrected chi connectivity index (χ4v) is 15.1. The molecule has 12 N–H and O–H groups in total. The number of likely N-dealkylation sites (tertiary alicyclic amines) is 1. The lowest BCUT2D eigenvalue weighted by Gasteiger charge is -2.41. The van der Waals surface area contributed by atoms with Gasteiger partial charge in [0, 0.05) is 116 Å². The zero-order valence-electron chi connectivity index (χ0n) is 71.2. The highest BCUT2D eigenvalue weighted by Gasteiger charge is 2.65. The number of aliphatic hydroxyl groups excluding tert-OH is 4. The molecule has 1 unspecified atom stereocenters. The second-order valence-corrected chi connectivity index (χ2v) is 32.5. The lowest BCUT2D eigenvalue weighted by atomic mass is 9.83. The number of halogens is 1. The Bertz CT molecular complexity index is 4410. The molecule has 672 valence electrons. The van der Waals surface area contributed by atoms with Gasteiger partial charge in [-0.25, -0.2) is 29.2 Å². The summed E-state index contributed by atoms with van der Waals surface area (Å²) in [6.45, 7) is 14.7. The monoisotopic (exact) mass is 1730 g/mol. The van der Waals surface area contributed by atoms with Crippen molar-refractivity contribution in [3.63, 3.8) is 0 Å². The Morgan fingerprint density at radius 2 is 1.60 bits per heavy atom. The number of carbonyl (C=O) groups excluding carboxylic acids is 9. The smallest absolute Gasteiger partial charge is 0.409 e. The molecule has 0 spiro atoms. The maximum Gasteiger partial charge on any atom is 0.409 e. The van der Waals surface area contributed by atoms with Crippen LogP contribution in [0.5, 0.6) is 11.5 Å². The van der Waals surface area contributed by atoms with E-state index in [1.54, 1.807) is 58.2 Å². The molecule has 0 saturated carbocycles. The van der Waals surface area contributed by atoms with Crippen molar-refractivity contribution in [1.82, 2.24) is 56.0 Å². The number of nitrogens with zero attached hydrogens (tertiary/aromatic N) is 7. The summed E-state index contributed by atoms with van der Waals surface area (Å²) in [5.74, 6) is -6.93. The summed E-state index contributed by atoms with van der Waals surface area (Å²) in [7, 11) is 9.50. The Morgan fingerprint density at radius 1 is 0.877 bits per heavy atom. The van der Waals surface area contributed by atoms with E-state index in [4.69, 9.17) is 54.2 Å². The third-order valence-corrected chi connectivity index (χ3v) is 23.1. The number of esters is 1. The second-order valence-electron chi connectivity index (χ2n) is 32.1. The molecular formula is C83H118ClN13O25. The fraction of sp³-hybridized carbons (Fsp3) is 0.602. The van der Waals surface area contributed by atoms with E-state index < -0.39 is 163 Å². The van der Waals surface area contributed by atoms with Gasteiger partial charge in [-0.15, -0.1) is 0 Å². The van der Waals surface area contributed by atoms with Crippen molar-refractivity contribution in [2.45, 2.75) is 217 Å². The molecular weight excluding hydrogens is 1610 g/mol. The van der Waals surface area contributed by atoms with Crippen LogP contribution in [0.25, 0.3) is 11.0 Å². The molecule has 2 aromatic heterocycles. The van der Waals surface area contributed by atoms with Crippen LogP contribution >= 0.6 is 11.6 Å². The number of allylic oxidation sites excluding steroid dienone is 3. The fourth-order valence-electron chi connectivity index (χ4n) is 14.8. The minimum absolute atomic E-state index is 0.0183. The summed E-state index contributed by atoms with van der Waals surface area (Å²) in [5.41, 5.74) is 3.24. The van der Waals surface area contributed by atoms with Gasteiger partial charge in [-0.05, 0) is 120 Å². The highest BCUT2D eigenvalue weighted by atomic mass is 35.5. The summed E-state index contributed by atoms with van der Waals surface area (Å²) in [4.78, 5) is 146. The van der Waals surface area contributed by atoms with Gasteiger partial charge in [0.25, 0.3) is 0 Å². The minimum atomic E-state index is -2.17. The van der Waals surface area contributed by atoms with E-state index in [2.05, 4.69) is 47.6 Å². The molecule has 38 nitrogen and oxygen atoms in total. The van der Waals surface area contributed by atoms with Crippen LogP contribution in [0.15, 0.2) is 78.5 Å². The van der Waals surface area contributed by atoms with Crippen molar-refractivity contribution in [3.8, 4) is 11.5 Å². The van der Waals surface area contributed by atoms with Gasteiger partial charge in [0.1, 0.15) is 89.1 Å². The summed E-state index contributed by atoms with van der Waals surface area (Å²) in [5, 5.41) is 81.6. The lowest BCUT2D eigenvalue weighted by molar-refractivity contribution is -0.271. The molecule has 0 aliphatic carbocycles. The van der Waals surface area contributed by atoms with Crippen LogP contribution in [0, 0.1) is 11.8 Å². The number of aryl methyl sites for hydroxylation is 1. The number of piperidine rings is 1. The van der Waals surface area contributed by atoms with Gasteiger partial charge in [0.05, 0.1) is 64.0 Å². The number of hydrazine groups is 1. The first-order valence-electron chi connectivity index (χ1n) is 40.8. The third kappa shape index (κ3) is 25.1. The van der Waals surface area contributed by atoms with Crippen LogP contribution < -0.4 is 46.4 Å². The van der Waals surface area contributed by atoms with Gasteiger partial charge in [-0.2, -0.15) is 0 Å². The van der Waals surface area contributed by atoms with Crippen LogP contribution in [0.2, 0.25) is 5.02 Å². The summed E-state index contributed by atoms with van der Waals surface area (Å²) in [6, 6.07) is 9.96. The van der Waals surface area contributed by atoms with E-state index in [0.717, 1.165) is 44.9 Å². The highest BCUT2D eigenvalue weighted by molar-refractivity contribution is 6.35. The van der Waals surface area contributed by atoms with Crippen molar-refractivity contribution in [1.29, 1.82) is 0 Å². The summed E-state index contributed by atoms with van der Waals surface area (Å²) < 4.78 is 54.1. The van der Waals surface area contributed by atoms with Crippen LogP contribution in [0.4, 0.5) is 21.0 Å². The van der Waals surface area contributed by atoms with E-state index in [9.17, 15) is 78.6 Å². The predicted molar refractivity (Wildman–Crippen MR) is 441 cm³/mol. The Hall–Kier alpha value is -9.68. The number of aromatic nitrogens is 2. The molecule has 4 bridgehead atoms. The number of carbonyl (C=O) groups is 10. The van der Waals surface area contributed by atoms with Gasteiger partial charge in [-0.3, -0.25) is 39.5 Å². The summed E-state index contributed by atoms with van der Waals surface area (Å²) in [6.07, 6.45) is -9.41. The number of likely N-dealkylation sites (N-methyl/N-ethyl adjacent to an activating group) is 1. The molecule has 2 aromatic carbocycles. The number of rotatable bonds is 35. The van der Waals surface area contributed by atoms with E-state index >= 15 is 0 Å². The highest BCUT2D eigenvalue weighted by Crippen LogP contribution is 2.49. The van der Waals surface area contributed by atoms with Crippen molar-refractivity contribution in [2.24, 2.45) is 11.8 Å². The maximum absolute atomic E-state index is 14.5. The number of ether oxygens (including phenoxy) is 9. The normalized spacial score (nSPS) is 25.3. The van der Waals surface area contributed by atoms with E-state index in [1.807, 2.05) is 43.1 Å². The van der Waals surface area contributed by atoms with E-state index in [1.165, 1.54) is 71.3 Å². The molecule has 4 fully saturated rings. The number of epoxide rings is 1. The lowest BCUT2D eigenvalue weighted by Crippen LogP contribution is -2.63. The van der Waals surface area contributed by atoms with Gasteiger partial charge in [-0.1, -0.05) is 62.2 Å². The molecule has 0 radical (unpaired) electrons. The van der Waals surface area contributed by atoms with Crippen molar-refractivity contribution in [3.05, 3.63) is 100 Å². The predicted octanol–water partition coefficient (Wildman–Crippen LogP) is 2.77. The Kier molecular flexibility index (Phi) is 34.3. The number of pyridine rings is 1. The van der Waals surface area contributed by atoms with Crippen molar-refractivity contribution >= 4 is 93.6 Å². The molecule has 5 aliphatic heterocycles. The number of hydrogen-bond acceptors (Lipinski definition) is 28. The van der Waals surface area contributed by atoms with Crippen LogP contribution in [-0.2, 0) is 97.6 Å². The maximum atomic E-state index is 14.5. The molecule has 15 atom stereocenters. The molecule has 8 amide bonds. The van der Waals surface area contributed by atoms with Gasteiger partial charge in [0.15, 0.2) is 11.8 Å². The zero-order valence-corrected chi connectivity index (χ0v) is 71.9. The van der Waals surface area contributed by atoms with E-state index in [0.29, 0.717) is 57.7 Å². The summed E-state index contributed by atoms with van der Waals surface area (Å²) >= 11 is 6.84.